The summed E-state index contributed by atoms with van der Waals surface area (Å²) >= 11 is 0. The summed E-state index contributed by atoms with van der Waals surface area (Å²) in [7, 11) is 3.32. The minimum absolute atomic E-state index is 0.0719. The molecule has 190 valence electrons. The third-order valence-electron chi connectivity index (χ3n) is 6.96. The van der Waals surface area contributed by atoms with Gasteiger partial charge in [-0.1, -0.05) is 36.4 Å². The molecule has 0 aliphatic carbocycles. The summed E-state index contributed by atoms with van der Waals surface area (Å²) in [6.45, 7) is 4.60. The van der Waals surface area contributed by atoms with Crippen molar-refractivity contribution in [2.24, 2.45) is 5.92 Å². The van der Waals surface area contributed by atoms with Gasteiger partial charge in [-0.15, -0.1) is 0 Å². The minimum atomic E-state index is -0.198. The molecule has 1 heterocycles. The molecule has 0 spiro atoms. The molecule has 0 unspecified atom stereocenters. The fraction of sp³-hybridized carbons (Fsp3) is 0.367. The van der Waals surface area contributed by atoms with E-state index in [9.17, 15) is 9.18 Å². The van der Waals surface area contributed by atoms with Crippen molar-refractivity contribution in [3.63, 3.8) is 0 Å². The number of methoxy groups -OCH3 is 2. The molecule has 0 saturated carbocycles. The zero-order valence-electron chi connectivity index (χ0n) is 21.3. The number of hydrogen-bond donors (Lipinski definition) is 1. The monoisotopic (exact) mass is 490 g/mol. The summed E-state index contributed by atoms with van der Waals surface area (Å²) in [4.78, 5) is 15.6. The van der Waals surface area contributed by atoms with Gasteiger partial charge in [0, 0.05) is 26.2 Å². The van der Waals surface area contributed by atoms with Gasteiger partial charge in [0.25, 0.3) is 0 Å². The fourth-order valence-corrected chi connectivity index (χ4v) is 4.97. The molecule has 2 atom stereocenters. The number of piperidine rings is 1. The molecular weight excluding hydrogens is 455 g/mol. The van der Waals surface area contributed by atoms with Gasteiger partial charge in [0.15, 0.2) is 0 Å². The zero-order valence-corrected chi connectivity index (χ0v) is 21.3. The predicted molar refractivity (Wildman–Crippen MR) is 140 cm³/mol. The molecule has 36 heavy (non-hydrogen) atoms. The lowest BCUT2D eigenvalue weighted by Gasteiger charge is -2.37. The lowest BCUT2D eigenvalue weighted by molar-refractivity contribution is -0.127. The van der Waals surface area contributed by atoms with Crippen LogP contribution in [0.2, 0.25) is 0 Å². The van der Waals surface area contributed by atoms with Gasteiger partial charge >= 0.3 is 0 Å². The SMILES string of the molecule is COc1ccc(CCNC(=O)[C@@H]2C[C@H](c3ccc(F)c(C)c3)CN(Cc3cccc(OC)c3)C2)cc1. The molecule has 1 aliphatic rings. The lowest BCUT2D eigenvalue weighted by atomic mass is 9.83. The Morgan fingerprint density at radius 1 is 0.972 bits per heavy atom. The summed E-state index contributed by atoms with van der Waals surface area (Å²) in [6, 6.07) is 21.3. The molecule has 0 aromatic heterocycles. The molecular formula is C30H35FN2O3. The van der Waals surface area contributed by atoms with Crippen LogP contribution < -0.4 is 14.8 Å². The minimum Gasteiger partial charge on any atom is -0.497 e. The number of aryl methyl sites for hydroxylation is 1. The van der Waals surface area contributed by atoms with Gasteiger partial charge in [0.1, 0.15) is 17.3 Å². The Kier molecular flexibility index (Phi) is 8.60. The van der Waals surface area contributed by atoms with Gasteiger partial charge < -0.3 is 14.8 Å². The number of benzene rings is 3. The van der Waals surface area contributed by atoms with Crippen molar-refractivity contribution in [2.45, 2.75) is 32.2 Å². The second-order valence-electron chi connectivity index (χ2n) is 9.57. The van der Waals surface area contributed by atoms with Gasteiger partial charge in [-0.05, 0) is 78.3 Å². The van der Waals surface area contributed by atoms with Crippen molar-refractivity contribution in [1.82, 2.24) is 10.2 Å². The molecule has 4 rings (SSSR count). The Balaban J connectivity index is 1.44. The summed E-state index contributed by atoms with van der Waals surface area (Å²) in [5, 5.41) is 3.15. The number of amides is 1. The van der Waals surface area contributed by atoms with Crippen molar-refractivity contribution in [3.05, 3.63) is 94.8 Å². The number of carbonyl (C=O) groups excluding carboxylic acids is 1. The number of rotatable bonds is 9. The molecule has 0 bridgehead atoms. The topological polar surface area (TPSA) is 50.8 Å². The van der Waals surface area contributed by atoms with Crippen LogP contribution in [0, 0.1) is 18.7 Å². The van der Waals surface area contributed by atoms with Crippen molar-refractivity contribution >= 4 is 5.91 Å². The summed E-state index contributed by atoms with van der Waals surface area (Å²) in [6.07, 6.45) is 1.50. The normalized spacial score (nSPS) is 18.0. The number of halogens is 1. The Hall–Kier alpha value is -3.38. The van der Waals surface area contributed by atoms with Crippen LogP contribution in [-0.4, -0.2) is 44.7 Å². The van der Waals surface area contributed by atoms with Crippen molar-refractivity contribution in [3.8, 4) is 11.5 Å². The first kappa shape index (κ1) is 25.7. The third kappa shape index (κ3) is 6.64. The Bertz CT molecular complexity index is 1170. The molecule has 6 heteroatoms. The van der Waals surface area contributed by atoms with E-state index in [0.29, 0.717) is 18.7 Å². The lowest BCUT2D eigenvalue weighted by Crippen LogP contribution is -2.45. The van der Waals surface area contributed by atoms with E-state index in [1.807, 2.05) is 54.6 Å². The van der Waals surface area contributed by atoms with Gasteiger partial charge in [-0.2, -0.15) is 0 Å². The van der Waals surface area contributed by atoms with Crippen molar-refractivity contribution in [2.75, 3.05) is 33.9 Å². The predicted octanol–water partition coefficient (Wildman–Crippen LogP) is 5.12. The molecule has 3 aromatic carbocycles. The van der Waals surface area contributed by atoms with Crippen LogP contribution in [0.4, 0.5) is 4.39 Å². The van der Waals surface area contributed by atoms with Crippen LogP contribution in [0.25, 0.3) is 0 Å². The number of likely N-dealkylation sites (tertiary alicyclic amines) is 1. The first-order chi connectivity index (χ1) is 17.4. The number of hydrogen-bond acceptors (Lipinski definition) is 4. The molecule has 1 fully saturated rings. The molecule has 5 nitrogen and oxygen atoms in total. The van der Waals surface area contributed by atoms with Crippen LogP contribution >= 0.6 is 0 Å². The average molecular weight is 491 g/mol. The first-order valence-corrected chi connectivity index (χ1v) is 12.5. The molecule has 1 aliphatic heterocycles. The first-order valence-electron chi connectivity index (χ1n) is 12.5. The van der Waals surface area contributed by atoms with Gasteiger partial charge in [-0.25, -0.2) is 4.39 Å². The molecule has 0 radical (unpaired) electrons. The van der Waals surface area contributed by atoms with E-state index < -0.39 is 0 Å². The highest BCUT2D eigenvalue weighted by atomic mass is 19.1. The van der Waals surface area contributed by atoms with Gasteiger partial charge in [0.05, 0.1) is 20.1 Å². The van der Waals surface area contributed by atoms with E-state index in [-0.39, 0.29) is 23.6 Å². The van der Waals surface area contributed by atoms with Crippen LogP contribution in [0.1, 0.15) is 34.6 Å². The highest BCUT2D eigenvalue weighted by Gasteiger charge is 2.32. The summed E-state index contributed by atoms with van der Waals surface area (Å²) in [5.74, 6) is 1.53. The summed E-state index contributed by atoms with van der Waals surface area (Å²) < 4.78 is 24.5. The second kappa shape index (κ2) is 12.0. The fourth-order valence-electron chi connectivity index (χ4n) is 4.97. The highest BCUT2D eigenvalue weighted by molar-refractivity contribution is 5.79. The van der Waals surface area contributed by atoms with Crippen molar-refractivity contribution < 1.29 is 18.7 Å². The molecule has 1 N–H and O–H groups in total. The van der Waals surface area contributed by atoms with Crippen LogP contribution in [0.15, 0.2) is 66.7 Å². The summed E-state index contributed by atoms with van der Waals surface area (Å²) in [5.41, 5.74) is 4.01. The van der Waals surface area contributed by atoms with Gasteiger partial charge in [0.2, 0.25) is 5.91 Å². The number of nitrogens with one attached hydrogen (secondary N) is 1. The molecule has 1 amide bonds. The van der Waals surface area contributed by atoms with E-state index in [2.05, 4.69) is 16.3 Å². The maximum absolute atomic E-state index is 13.9. The smallest absolute Gasteiger partial charge is 0.224 e. The Morgan fingerprint density at radius 3 is 2.47 bits per heavy atom. The van der Waals surface area contributed by atoms with E-state index in [1.54, 1.807) is 21.1 Å². The highest BCUT2D eigenvalue weighted by Crippen LogP contribution is 2.32. The average Bonchev–Trinajstić information content (AvgIpc) is 2.90. The van der Waals surface area contributed by atoms with E-state index >= 15 is 0 Å². The van der Waals surface area contributed by atoms with Crippen LogP contribution in [-0.2, 0) is 17.8 Å². The van der Waals surface area contributed by atoms with E-state index in [0.717, 1.165) is 54.1 Å². The maximum Gasteiger partial charge on any atom is 0.224 e. The number of carbonyl (C=O) groups is 1. The maximum atomic E-state index is 13.9. The number of nitrogens with zero attached hydrogens (tertiary/aromatic N) is 1. The second-order valence-corrected chi connectivity index (χ2v) is 9.57. The van der Waals surface area contributed by atoms with E-state index in [4.69, 9.17) is 9.47 Å². The largest absolute Gasteiger partial charge is 0.497 e. The van der Waals surface area contributed by atoms with Crippen molar-refractivity contribution in [1.29, 1.82) is 0 Å². The number of ether oxygens (including phenoxy) is 2. The Morgan fingerprint density at radius 2 is 1.75 bits per heavy atom. The van der Waals surface area contributed by atoms with Crippen LogP contribution in [0.3, 0.4) is 0 Å². The Labute approximate surface area is 213 Å². The van der Waals surface area contributed by atoms with Gasteiger partial charge in [-0.3, -0.25) is 9.69 Å². The quantitative estimate of drug-likeness (QED) is 0.453. The third-order valence-corrected chi connectivity index (χ3v) is 6.96. The molecule has 3 aromatic rings. The molecule has 1 saturated heterocycles. The van der Waals surface area contributed by atoms with E-state index in [1.165, 1.54) is 6.07 Å². The zero-order chi connectivity index (χ0) is 25.5. The van der Waals surface area contributed by atoms with Crippen LogP contribution in [0.5, 0.6) is 11.5 Å². The standard InChI is InChI=1S/C30H35FN2O3/c1-21-15-24(9-12-29(21)31)25-17-26(20-33(19-25)18-23-5-4-6-28(16-23)36-3)30(34)32-14-13-22-7-10-27(35-2)11-8-22/h4-12,15-16,25-26H,13-14,17-20H2,1-3H3,(H,32,34)/t25-,26+/m0/s1.